The van der Waals surface area contributed by atoms with Gasteiger partial charge < -0.3 is 15.5 Å². The zero-order chi connectivity index (χ0) is 12.3. The molecule has 0 aliphatic rings. The normalized spacial score (nSPS) is 14.2. The molecule has 0 amide bonds. The van der Waals surface area contributed by atoms with Gasteiger partial charge in [0.2, 0.25) is 0 Å². The number of carbonyl (C=O) groups is 1. The molecular formula is C12H17NO3. The minimum Gasteiger partial charge on any atom is -0.479 e. The fourth-order valence-electron chi connectivity index (χ4n) is 1.43. The van der Waals surface area contributed by atoms with Gasteiger partial charge in [-0.3, -0.25) is 0 Å². The Labute approximate surface area is 94.9 Å². The van der Waals surface area contributed by atoms with Crippen LogP contribution in [0.25, 0.3) is 0 Å². The lowest BCUT2D eigenvalue weighted by atomic mass is 10.1. The van der Waals surface area contributed by atoms with Gasteiger partial charge in [0.15, 0.2) is 5.60 Å². The SMILES string of the molecule is Cc1cccc(C)c1NCC(C)(O)C(=O)O. The number of aliphatic hydroxyl groups is 1. The largest absolute Gasteiger partial charge is 0.479 e. The zero-order valence-corrected chi connectivity index (χ0v) is 9.74. The van der Waals surface area contributed by atoms with Gasteiger partial charge in [0.25, 0.3) is 0 Å². The van der Waals surface area contributed by atoms with Crippen molar-refractivity contribution >= 4 is 11.7 Å². The van der Waals surface area contributed by atoms with Gasteiger partial charge in [-0.05, 0) is 31.9 Å². The van der Waals surface area contributed by atoms with Crippen LogP contribution in [0, 0.1) is 13.8 Å². The summed E-state index contributed by atoms with van der Waals surface area (Å²) in [5.41, 5.74) is 1.18. The highest BCUT2D eigenvalue weighted by Crippen LogP contribution is 2.20. The third kappa shape index (κ3) is 2.73. The Hall–Kier alpha value is -1.55. The minimum atomic E-state index is -1.76. The number of hydrogen-bond donors (Lipinski definition) is 3. The van der Waals surface area contributed by atoms with Crippen molar-refractivity contribution in [3.05, 3.63) is 29.3 Å². The maximum atomic E-state index is 10.7. The molecule has 0 aliphatic carbocycles. The van der Waals surface area contributed by atoms with E-state index in [0.717, 1.165) is 16.8 Å². The molecule has 88 valence electrons. The molecule has 16 heavy (non-hydrogen) atoms. The Bertz CT molecular complexity index is 379. The highest BCUT2D eigenvalue weighted by molar-refractivity contribution is 5.77. The average Bonchev–Trinajstić information content (AvgIpc) is 2.16. The van der Waals surface area contributed by atoms with Crippen molar-refractivity contribution in [1.29, 1.82) is 0 Å². The summed E-state index contributed by atoms with van der Waals surface area (Å²) >= 11 is 0. The molecule has 0 aromatic heterocycles. The summed E-state index contributed by atoms with van der Waals surface area (Å²) in [6.45, 7) is 5.12. The maximum absolute atomic E-state index is 10.7. The van der Waals surface area contributed by atoms with Gasteiger partial charge in [-0.15, -0.1) is 0 Å². The summed E-state index contributed by atoms with van der Waals surface area (Å²) in [7, 11) is 0. The molecule has 0 heterocycles. The van der Waals surface area contributed by atoms with Crippen molar-refractivity contribution in [1.82, 2.24) is 0 Å². The molecule has 1 aromatic carbocycles. The molecule has 4 nitrogen and oxygen atoms in total. The molecule has 1 unspecified atom stereocenters. The molecule has 0 fully saturated rings. The van der Waals surface area contributed by atoms with E-state index in [1.807, 2.05) is 32.0 Å². The van der Waals surface area contributed by atoms with Crippen molar-refractivity contribution in [2.75, 3.05) is 11.9 Å². The van der Waals surface area contributed by atoms with Gasteiger partial charge in [-0.25, -0.2) is 4.79 Å². The second-order valence-corrected chi connectivity index (χ2v) is 4.20. The maximum Gasteiger partial charge on any atom is 0.337 e. The van der Waals surface area contributed by atoms with E-state index in [-0.39, 0.29) is 6.54 Å². The van der Waals surface area contributed by atoms with Gasteiger partial charge >= 0.3 is 5.97 Å². The summed E-state index contributed by atoms with van der Waals surface area (Å²) in [6, 6.07) is 5.81. The molecular weight excluding hydrogens is 206 g/mol. The first-order valence-corrected chi connectivity index (χ1v) is 5.10. The molecule has 4 heteroatoms. The fourth-order valence-corrected chi connectivity index (χ4v) is 1.43. The molecule has 0 saturated carbocycles. The van der Waals surface area contributed by atoms with Crippen molar-refractivity contribution < 1.29 is 15.0 Å². The van der Waals surface area contributed by atoms with Crippen LogP contribution in [-0.2, 0) is 4.79 Å². The van der Waals surface area contributed by atoms with Crippen molar-refractivity contribution in [3.63, 3.8) is 0 Å². The van der Waals surface area contributed by atoms with E-state index in [2.05, 4.69) is 5.32 Å². The monoisotopic (exact) mass is 223 g/mol. The zero-order valence-electron chi connectivity index (χ0n) is 9.74. The van der Waals surface area contributed by atoms with Gasteiger partial charge in [0.1, 0.15) is 0 Å². The lowest BCUT2D eigenvalue weighted by Crippen LogP contribution is -2.42. The van der Waals surface area contributed by atoms with Gasteiger partial charge in [-0.2, -0.15) is 0 Å². The molecule has 0 saturated heterocycles. The number of aryl methyl sites for hydroxylation is 2. The number of benzene rings is 1. The molecule has 0 radical (unpaired) electrons. The Morgan fingerprint density at radius 3 is 2.31 bits per heavy atom. The van der Waals surface area contributed by atoms with Gasteiger partial charge in [0.05, 0.1) is 6.54 Å². The first-order chi connectivity index (χ1) is 7.34. The molecule has 1 atom stereocenters. The topological polar surface area (TPSA) is 69.6 Å². The van der Waals surface area contributed by atoms with E-state index in [4.69, 9.17) is 5.11 Å². The highest BCUT2D eigenvalue weighted by atomic mass is 16.4. The minimum absolute atomic E-state index is 0.0198. The van der Waals surface area contributed by atoms with Crippen molar-refractivity contribution in [2.24, 2.45) is 0 Å². The third-order valence-corrected chi connectivity index (χ3v) is 2.55. The Kier molecular flexibility index (Phi) is 3.55. The van der Waals surface area contributed by atoms with Crippen LogP contribution in [0.15, 0.2) is 18.2 Å². The average molecular weight is 223 g/mol. The van der Waals surface area contributed by atoms with Crippen LogP contribution in [0.1, 0.15) is 18.1 Å². The number of nitrogens with one attached hydrogen (secondary N) is 1. The van der Waals surface area contributed by atoms with E-state index >= 15 is 0 Å². The second kappa shape index (κ2) is 4.53. The van der Waals surface area contributed by atoms with Crippen LogP contribution in [0.2, 0.25) is 0 Å². The first kappa shape index (κ1) is 12.5. The predicted molar refractivity (Wildman–Crippen MR) is 62.7 cm³/mol. The number of para-hydroxylation sites is 1. The quantitative estimate of drug-likeness (QED) is 0.724. The number of anilines is 1. The smallest absolute Gasteiger partial charge is 0.337 e. The third-order valence-electron chi connectivity index (χ3n) is 2.55. The fraction of sp³-hybridized carbons (Fsp3) is 0.417. The van der Waals surface area contributed by atoms with Crippen LogP contribution < -0.4 is 5.32 Å². The standard InChI is InChI=1S/C12H17NO3/c1-8-5-4-6-9(2)10(8)13-7-12(3,16)11(14)15/h4-6,13,16H,7H2,1-3H3,(H,14,15). The van der Waals surface area contributed by atoms with Crippen LogP contribution in [0.5, 0.6) is 0 Å². The predicted octanol–water partition coefficient (Wildman–Crippen LogP) is 1.55. The van der Waals surface area contributed by atoms with Crippen LogP contribution in [-0.4, -0.2) is 28.3 Å². The summed E-state index contributed by atoms with van der Waals surface area (Å²) < 4.78 is 0. The highest BCUT2D eigenvalue weighted by Gasteiger charge is 2.29. The Morgan fingerprint density at radius 1 is 1.38 bits per heavy atom. The second-order valence-electron chi connectivity index (χ2n) is 4.20. The number of carboxylic acid groups (broad SMARTS) is 1. The van der Waals surface area contributed by atoms with Crippen molar-refractivity contribution in [2.45, 2.75) is 26.4 Å². The molecule has 1 rings (SSSR count). The lowest BCUT2D eigenvalue weighted by molar-refractivity contribution is -0.155. The van der Waals surface area contributed by atoms with Crippen LogP contribution >= 0.6 is 0 Å². The van der Waals surface area contributed by atoms with E-state index in [1.165, 1.54) is 6.92 Å². The van der Waals surface area contributed by atoms with Crippen molar-refractivity contribution in [3.8, 4) is 0 Å². The van der Waals surface area contributed by atoms with E-state index < -0.39 is 11.6 Å². The number of rotatable bonds is 4. The number of aliphatic carboxylic acids is 1. The molecule has 0 spiro atoms. The van der Waals surface area contributed by atoms with Crippen LogP contribution in [0.4, 0.5) is 5.69 Å². The van der Waals surface area contributed by atoms with Crippen LogP contribution in [0.3, 0.4) is 0 Å². The van der Waals surface area contributed by atoms with Gasteiger partial charge in [-0.1, -0.05) is 18.2 Å². The Balaban J connectivity index is 2.79. The van der Waals surface area contributed by atoms with E-state index in [0.29, 0.717) is 0 Å². The van der Waals surface area contributed by atoms with E-state index in [9.17, 15) is 9.90 Å². The number of carboxylic acids is 1. The molecule has 1 aromatic rings. The lowest BCUT2D eigenvalue weighted by Gasteiger charge is -2.21. The summed E-state index contributed by atoms with van der Waals surface area (Å²) in [6.07, 6.45) is 0. The molecule has 0 aliphatic heterocycles. The Morgan fingerprint density at radius 2 is 1.88 bits per heavy atom. The summed E-state index contributed by atoms with van der Waals surface area (Å²) in [5.74, 6) is -1.23. The van der Waals surface area contributed by atoms with E-state index in [1.54, 1.807) is 0 Å². The summed E-state index contributed by atoms with van der Waals surface area (Å²) in [5, 5.41) is 21.3. The molecule has 3 N–H and O–H groups in total. The first-order valence-electron chi connectivity index (χ1n) is 5.10. The molecule has 0 bridgehead atoms. The summed E-state index contributed by atoms with van der Waals surface area (Å²) in [4.78, 5) is 10.7. The van der Waals surface area contributed by atoms with Gasteiger partial charge in [0, 0.05) is 5.69 Å². The number of hydrogen-bond acceptors (Lipinski definition) is 3.